The quantitative estimate of drug-likeness (QED) is 0.207. The predicted molar refractivity (Wildman–Crippen MR) is 177 cm³/mol. The number of rotatable bonds is 5. The number of benzene rings is 6. The summed E-state index contributed by atoms with van der Waals surface area (Å²) in [6.07, 6.45) is 0. The third kappa shape index (κ3) is 4.51. The number of anilines is 3. The molecule has 0 radical (unpaired) electrons. The van der Waals surface area contributed by atoms with Crippen LogP contribution in [0.5, 0.6) is 0 Å². The van der Waals surface area contributed by atoms with Gasteiger partial charge in [-0.15, -0.1) is 11.3 Å². The summed E-state index contributed by atoms with van der Waals surface area (Å²) < 4.78 is 8.59. The van der Waals surface area contributed by atoms with E-state index in [1.807, 2.05) is 59.9 Å². The zero-order valence-corrected chi connectivity index (χ0v) is 23.8. The summed E-state index contributed by atoms with van der Waals surface area (Å²) in [5, 5.41) is 11.7. The maximum Gasteiger partial charge on any atom is 0.227 e. The van der Waals surface area contributed by atoms with E-state index in [9.17, 15) is 5.26 Å². The van der Waals surface area contributed by atoms with Crippen molar-refractivity contribution in [2.24, 2.45) is 0 Å². The molecule has 0 amide bonds. The standard InChI is InChI=1S/C38H23N3OS/c39-24-25-9-11-26(12-10-25)27-13-17-29(18-14-27)41(31-21-22-37-33(23-31)32-5-1-4-8-36(32)43-37)30-19-15-28(16-20-30)38-40-34-6-2-3-7-35(34)42-38/h1-23H. The number of aromatic nitrogens is 1. The molecule has 0 spiro atoms. The number of para-hydroxylation sites is 2. The van der Waals surface area contributed by atoms with E-state index in [1.165, 1.54) is 20.2 Å². The lowest BCUT2D eigenvalue weighted by atomic mass is 10.0. The smallest absolute Gasteiger partial charge is 0.227 e. The summed E-state index contributed by atoms with van der Waals surface area (Å²) in [6, 6.07) is 49.9. The van der Waals surface area contributed by atoms with Gasteiger partial charge in [0, 0.05) is 42.8 Å². The van der Waals surface area contributed by atoms with Gasteiger partial charge in [-0.05, 0) is 96.1 Å². The highest BCUT2D eigenvalue weighted by atomic mass is 32.1. The second-order valence-electron chi connectivity index (χ2n) is 10.4. The first-order valence-electron chi connectivity index (χ1n) is 14.0. The van der Waals surface area contributed by atoms with E-state index in [-0.39, 0.29) is 0 Å². The highest BCUT2D eigenvalue weighted by Gasteiger charge is 2.16. The lowest BCUT2D eigenvalue weighted by Gasteiger charge is -2.26. The molecule has 8 aromatic rings. The van der Waals surface area contributed by atoms with Crippen molar-refractivity contribution in [1.29, 1.82) is 5.26 Å². The minimum atomic E-state index is 0.609. The van der Waals surface area contributed by atoms with Crippen LogP contribution in [0.3, 0.4) is 0 Å². The SMILES string of the molecule is N#Cc1ccc(-c2ccc(N(c3ccc(-c4nc5ccccc5o4)cc3)c3ccc4sc5ccccc5c4c3)cc2)cc1. The molecular formula is C38H23N3OS. The first-order valence-corrected chi connectivity index (χ1v) is 14.8. The fourth-order valence-corrected chi connectivity index (χ4v) is 6.68. The Bertz CT molecular complexity index is 2260. The van der Waals surface area contributed by atoms with E-state index >= 15 is 0 Å². The average Bonchev–Trinajstić information content (AvgIpc) is 3.67. The lowest BCUT2D eigenvalue weighted by molar-refractivity contribution is 0.620. The van der Waals surface area contributed by atoms with Crippen molar-refractivity contribution < 1.29 is 4.42 Å². The summed E-state index contributed by atoms with van der Waals surface area (Å²) in [7, 11) is 0. The second-order valence-corrected chi connectivity index (χ2v) is 11.5. The summed E-state index contributed by atoms with van der Waals surface area (Å²) in [5.41, 5.74) is 8.54. The molecule has 43 heavy (non-hydrogen) atoms. The number of hydrogen-bond acceptors (Lipinski definition) is 5. The number of hydrogen-bond donors (Lipinski definition) is 0. The minimum Gasteiger partial charge on any atom is -0.436 e. The Hall–Kier alpha value is -5.70. The molecule has 6 aromatic carbocycles. The Balaban J connectivity index is 1.22. The van der Waals surface area contributed by atoms with Gasteiger partial charge in [-0.1, -0.05) is 54.6 Å². The van der Waals surface area contributed by atoms with Crippen LogP contribution >= 0.6 is 11.3 Å². The van der Waals surface area contributed by atoms with Crippen molar-refractivity contribution in [3.8, 4) is 28.7 Å². The maximum atomic E-state index is 9.18. The maximum absolute atomic E-state index is 9.18. The van der Waals surface area contributed by atoms with Gasteiger partial charge < -0.3 is 9.32 Å². The molecule has 8 rings (SSSR count). The molecule has 0 aliphatic carbocycles. The minimum absolute atomic E-state index is 0.609. The number of thiophene rings is 1. The van der Waals surface area contributed by atoms with E-state index in [4.69, 9.17) is 4.42 Å². The van der Waals surface area contributed by atoms with Crippen LogP contribution in [0.2, 0.25) is 0 Å². The molecule has 0 aliphatic rings. The van der Waals surface area contributed by atoms with Crippen LogP contribution in [0, 0.1) is 11.3 Å². The van der Waals surface area contributed by atoms with Gasteiger partial charge in [0.15, 0.2) is 5.58 Å². The van der Waals surface area contributed by atoms with Crippen LogP contribution < -0.4 is 4.90 Å². The summed E-state index contributed by atoms with van der Waals surface area (Å²) in [4.78, 5) is 6.97. The van der Waals surface area contributed by atoms with Gasteiger partial charge in [-0.25, -0.2) is 4.98 Å². The van der Waals surface area contributed by atoms with Crippen LogP contribution in [0.1, 0.15) is 5.56 Å². The molecule has 0 atom stereocenters. The summed E-state index contributed by atoms with van der Waals surface area (Å²) >= 11 is 1.82. The van der Waals surface area contributed by atoms with E-state index in [1.54, 1.807) is 0 Å². The molecule has 0 bridgehead atoms. The highest BCUT2D eigenvalue weighted by Crippen LogP contribution is 2.41. The van der Waals surface area contributed by atoms with Crippen LogP contribution in [0.25, 0.3) is 53.9 Å². The van der Waals surface area contributed by atoms with E-state index in [2.05, 4.69) is 107 Å². The average molecular weight is 570 g/mol. The van der Waals surface area contributed by atoms with Crippen LogP contribution in [0.15, 0.2) is 144 Å². The Morgan fingerprint density at radius 3 is 1.91 bits per heavy atom. The molecule has 2 heterocycles. The van der Waals surface area contributed by atoms with Gasteiger partial charge in [-0.3, -0.25) is 0 Å². The van der Waals surface area contributed by atoms with Crippen molar-refractivity contribution in [2.45, 2.75) is 0 Å². The van der Waals surface area contributed by atoms with Gasteiger partial charge in [0.1, 0.15) is 5.52 Å². The van der Waals surface area contributed by atoms with E-state index in [0.717, 1.165) is 44.9 Å². The molecule has 0 saturated carbocycles. The first-order chi connectivity index (χ1) is 21.2. The molecule has 0 fully saturated rings. The fourth-order valence-electron chi connectivity index (χ4n) is 5.59. The van der Waals surface area contributed by atoms with Crippen molar-refractivity contribution in [3.63, 3.8) is 0 Å². The number of oxazole rings is 1. The number of nitriles is 1. The van der Waals surface area contributed by atoms with E-state index in [0.29, 0.717) is 11.5 Å². The van der Waals surface area contributed by atoms with E-state index < -0.39 is 0 Å². The largest absolute Gasteiger partial charge is 0.436 e. The van der Waals surface area contributed by atoms with Crippen molar-refractivity contribution in [2.75, 3.05) is 4.90 Å². The molecule has 0 unspecified atom stereocenters. The molecule has 5 heteroatoms. The van der Waals surface area contributed by atoms with Gasteiger partial charge in [0.2, 0.25) is 5.89 Å². The molecule has 4 nitrogen and oxygen atoms in total. The topological polar surface area (TPSA) is 53.1 Å². The fraction of sp³-hybridized carbons (Fsp3) is 0. The summed E-state index contributed by atoms with van der Waals surface area (Å²) in [5.74, 6) is 0.609. The third-order valence-corrected chi connectivity index (χ3v) is 8.91. The molecule has 0 N–H and O–H groups in total. The predicted octanol–water partition coefficient (Wildman–Crippen LogP) is 10.9. The van der Waals surface area contributed by atoms with Gasteiger partial charge in [0.05, 0.1) is 11.6 Å². The van der Waals surface area contributed by atoms with Crippen molar-refractivity contribution in [3.05, 3.63) is 145 Å². The first kappa shape index (κ1) is 25.0. The number of fused-ring (bicyclic) bond motifs is 4. The van der Waals surface area contributed by atoms with Gasteiger partial charge in [-0.2, -0.15) is 5.26 Å². The molecule has 202 valence electrons. The lowest BCUT2D eigenvalue weighted by Crippen LogP contribution is -2.09. The van der Waals surface area contributed by atoms with Gasteiger partial charge in [0.25, 0.3) is 0 Å². The Morgan fingerprint density at radius 2 is 1.19 bits per heavy atom. The van der Waals surface area contributed by atoms with Crippen LogP contribution in [-0.4, -0.2) is 4.98 Å². The number of nitrogens with zero attached hydrogens (tertiary/aromatic N) is 3. The van der Waals surface area contributed by atoms with Crippen LogP contribution in [-0.2, 0) is 0 Å². The Labute approximate surface area is 252 Å². The Kier molecular flexibility index (Phi) is 5.99. The van der Waals surface area contributed by atoms with Crippen molar-refractivity contribution in [1.82, 2.24) is 4.98 Å². The van der Waals surface area contributed by atoms with Gasteiger partial charge >= 0.3 is 0 Å². The highest BCUT2D eigenvalue weighted by molar-refractivity contribution is 7.25. The molecule has 2 aromatic heterocycles. The third-order valence-electron chi connectivity index (χ3n) is 7.76. The van der Waals surface area contributed by atoms with Crippen LogP contribution in [0.4, 0.5) is 17.1 Å². The molecule has 0 saturated heterocycles. The Morgan fingerprint density at radius 1 is 0.581 bits per heavy atom. The zero-order chi connectivity index (χ0) is 28.8. The summed E-state index contributed by atoms with van der Waals surface area (Å²) in [6.45, 7) is 0. The van der Waals surface area contributed by atoms with Crippen molar-refractivity contribution >= 4 is 59.7 Å². The zero-order valence-electron chi connectivity index (χ0n) is 22.9. The molecule has 0 aliphatic heterocycles. The monoisotopic (exact) mass is 569 g/mol. The normalized spacial score (nSPS) is 11.2. The second kappa shape index (κ2) is 10.3. The molecular weight excluding hydrogens is 547 g/mol.